The number of rotatable bonds is 5. The fourth-order valence-corrected chi connectivity index (χ4v) is 2.47. The van der Waals surface area contributed by atoms with Crippen LogP contribution < -0.4 is 0 Å². The topological polar surface area (TPSA) is 0 Å². The van der Waals surface area contributed by atoms with E-state index in [4.69, 9.17) is 0 Å². The molecule has 0 atom stereocenters. The van der Waals surface area contributed by atoms with Gasteiger partial charge in [-0.1, -0.05) is 57.0 Å². The summed E-state index contributed by atoms with van der Waals surface area (Å²) in [4.78, 5) is 0. The molecule has 0 aliphatic rings. The molecule has 0 fully saturated rings. The number of benzene rings is 1. The highest BCUT2D eigenvalue weighted by atomic mass is 14.1. The van der Waals surface area contributed by atoms with Crippen molar-refractivity contribution in [1.82, 2.24) is 0 Å². The molecule has 0 aromatic heterocycles. The average molecular weight is 230 g/mol. The van der Waals surface area contributed by atoms with E-state index in [2.05, 4.69) is 58.9 Å². The van der Waals surface area contributed by atoms with Gasteiger partial charge in [0, 0.05) is 0 Å². The first-order valence-corrected chi connectivity index (χ1v) is 6.83. The van der Waals surface area contributed by atoms with Crippen LogP contribution in [0.5, 0.6) is 0 Å². The molecule has 0 unspecified atom stereocenters. The second kappa shape index (κ2) is 6.64. The van der Waals surface area contributed by atoms with E-state index in [0.717, 1.165) is 0 Å². The molecule has 94 valence electrons. The van der Waals surface area contributed by atoms with E-state index in [1.165, 1.54) is 41.5 Å². The zero-order chi connectivity index (χ0) is 12.8. The van der Waals surface area contributed by atoms with Crippen LogP contribution in [0.25, 0.3) is 5.57 Å². The Kier molecular flexibility index (Phi) is 5.47. The predicted molar refractivity (Wildman–Crippen MR) is 78.2 cm³/mol. The van der Waals surface area contributed by atoms with E-state index in [9.17, 15) is 0 Å². The van der Waals surface area contributed by atoms with Crippen LogP contribution in [0, 0.1) is 5.92 Å². The summed E-state index contributed by atoms with van der Waals surface area (Å²) in [6.45, 7) is 11.2. The molecule has 0 bridgehead atoms. The lowest BCUT2D eigenvalue weighted by molar-refractivity contribution is 0.794. The van der Waals surface area contributed by atoms with Gasteiger partial charge in [0.25, 0.3) is 0 Å². The Hall–Kier alpha value is -1.04. The molecule has 1 rings (SSSR count). The van der Waals surface area contributed by atoms with Gasteiger partial charge in [-0.15, -0.1) is 0 Å². The van der Waals surface area contributed by atoms with Crippen LogP contribution in [0.1, 0.15) is 58.6 Å². The van der Waals surface area contributed by atoms with Crippen LogP contribution in [0.3, 0.4) is 0 Å². The maximum absolute atomic E-state index is 2.37. The van der Waals surface area contributed by atoms with Gasteiger partial charge in [0.15, 0.2) is 0 Å². The average Bonchev–Trinajstić information content (AvgIpc) is 2.26. The Bertz CT molecular complexity index is 379. The minimum Gasteiger partial charge on any atom is -0.0724 e. The molecule has 0 radical (unpaired) electrons. The standard InChI is InChI=1S/C17H26/c1-6-7-9-15-10-8-11-16(12-15)17(13(2)3)14(4)5/h8,10-13H,6-7,9H2,1-5H3. The fourth-order valence-electron chi connectivity index (χ4n) is 2.47. The second-order valence-electron chi connectivity index (χ2n) is 5.37. The van der Waals surface area contributed by atoms with E-state index in [1.54, 1.807) is 0 Å². The summed E-state index contributed by atoms with van der Waals surface area (Å²) < 4.78 is 0. The molecule has 1 aromatic carbocycles. The van der Waals surface area contributed by atoms with Gasteiger partial charge < -0.3 is 0 Å². The fraction of sp³-hybridized carbons (Fsp3) is 0.529. The van der Waals surface area contributed by atoms with Crippen molar-refractivity contribution in [3.05, 3.63) is 41.0 Å². The zero-order valence-corrected chi connectivity index (χ0v) is 12.0. The Balaban J connectivity index is 3.01. The van der Waals surface area contributed by atoms with Crippen molar-refractivity contribution in [3.63, 3.8) is 0 Å². The summed E-state index contributed by atoms with van der Waals surface area (Å²) in [5, 5.41) is 0. The van der Waals surface area contributed by atoms with E-state index in [1.807, 2.05) is 0 Å². The Morgan fingerprint density at radius 2 is 1.88 bits per heavy atom. The molecule has 0 spiro atoms. The molecule has 17 heavy (non-hydrogen) atoms. The summed E-state index contributed by atoms with van der Waals surface area (Å²) in [6.07, 6.45) is 3.76. The highest BCUT2D eigenvalue weighted by Gasteiger charge is 2.08. The number of aryl methyl sites for hydroxylation is 1. The lowest BCUT2D eigenvalue weighted by atomic mass is 9.90. The lowest BCUT2D eigenvalue weighted by Crippen LogP contribution is -1.97. The quantitative estimate of drug-likeness (QED) is 0.628. The van der Waals surface area contributed by atoms with Crippen molar-refractivity contribution in [2.75, 3.05) is 0 Å². The van der Waals surface area contributed by atoms with Crippen LogP contribution in [0.4, 0.5) is 0 Å². The normalized spacial score (nSPS) is 10.7. The van der Waals surface area contributed by atoms with Gasteiger partial charge in [0.1, 0.15) is 0 Å². The maximum atomic E-state index is 2.37. The highest BCUT2D eigenvalue weighted by molar-refractivity contribution is 5.69. The van der Waals surface area contributed by atoms with E-state index in [-0.39, 0.29) is 0 Å². The Morgan fingerprint density at radius 1 is 1.18 bits per heavy atom. The van der Waals surface area contributed by atoms with Crippen molar-refractivity contribution in [3.8, 4) is 0 Å². The van der Waals surface area contributed by atoms with Gasteiger partial charge in [0.2, 0.25) is 0 Å². The highest BCUT2D eigenvalue weighted by Crippen LogP contribution is 2.27. The molecule has 0 heterocycles. The van der Waals surface area contributed by atoms with Crippen LogP contribution in [-0.2, 0) is 6.42 Å². The second-order valence-corrected chi connectivity index (χ2v) is 5.37. The van der Waals surface area contributed by atoms with Crippen LogP contribution in [0.2, 0.25) is 0 Å². The van der Waals surface area contributed by atoms with Crippen LogP contribution in [0.15, 0.2) is 29.8 Å². The molecule has 0 heteroatoms. The SMILES string of the molecule is CCCCc1cccc(C(=C(C)C)C(C)C)c1. The summed E-state index contributed by atoms with van der Waals surface area (Å²) >= 11 is 0. The summed E-state index contributed by atoms with van der Waals surface area (Å²) in [5.41, 5.74) is 5.83. The van der Waals surface area contributed by atoms with E-state index >= 15 is 0 Å². The minimum atomic E-state index is 0.599. The molecule has 0 saturated carbocycles. The Morgan fingerprint density at radius 3 is 2.41 bits per heavy atom. The van der Waals surface area contributed by atoms with E-state index < -0.39 is 0 Å². The molecule has 0 nitrogen and oxygen atoms in total. The van der Waals surface area contributed by atoms with Crippen molar-refractivity contribution >= 4 is 5.57 Å². The van der Waals surface area contributed by atoms with Crippen molar-refractivity contribution in [2.45, 2.75) is 53.9 Å². The summed E-state index contributed by atoms with van der Waals surface area (Å²) in [5.74, 6) is 0.599. The molecule has 0 amide bonds. The lowest BCUT2D eigenvalue weighted by Gasteiger charge is -2.15. The predicted octanol–water partition coefficient (Wildman–Crippen LogP) is 5.48. The third kappa shape index (κ3) is 4.03. The molecule has 0 aliphatic carbocycles. The maximum Gasteiger partial charge on any atom is -0.0214 e. The number of hydrogen-bond acceptors (Lipinski definition) is 0. The molecule has 0 saturated heterocycles. The van der Waals surface area contributed by atoms with E-state index in [0.29, 0.717) is 5.92 Å². The first kappa shape index (κ1) is 14.0. The van der Waals surface area contributed by atoms with Crippen molar-refractivity contribution < 1.29 is 0 Å². The van der Waals surface area contributed by atoms with Gasteiger partial charge >= 0.3 is 0 Å². The first-order chi connectivity index (χ1) is 8.06. The minimum absolute atomic E-state index is 0.599. The van der Waals surface area contributed by atoms with Gasteiger partial charge in [-0.05, 0) is 49.3 Å². The van der Waals surface area contributed by atoms with Gasteiger partial charge in [-0.3, -0.25) is 0 Å². The van der Waals surface area contributed by atoms with Crippen molar-refractivity contribution in [1.29, 1.82) is 0 Å². The summed E-state index contributed by atoms with van der Waals surface area (Å²) in [7, 11) is 0. The third-order valence-electron chi connectivity index (χ3n) is 3.17. The molecule has 0 N–H and O–H groups in total. The van der Waals surface area contributed by atoms with Gasteiger partial charge in [-0.25, -0.2) is 0 Å². The summed E-state index contributed by atoms with van der Waals surface area (Å²) in [6, 6.07) is 9.07. The van der Waals surface area contributed by atoms with Crippen molar-refractivity contribution in [2.24, 2.45) is 5.92 Å². The monoisotopic (exact) mass is 230 g/mol. The number of unbranched alkanes of at least 4 members (excludes halogenated alkanes) is 1. The number of hydrogen-bond donors (Lipinski definition) is 0. The third-order valence-corrected chi connectivity index (χ3v) is 3.17. The Labute approximate surface area is 107 Å². The van der Waals surface area contributed by atoms with Crippen LogP contribution >= 0.6 is 0 Å². The molecular formula is C17H26. The molecule has 1 aromatic rings. The molecular weight excluding hydrogens is 204 g/mol. The smallest absolute Gasteiger partial charge is 0.0214 e. The van der Waals surface area contributed by atoms with Gasteiger partial charge in [-0.2, -0.15) is 0 Å². The molecule has 0 aliphatic heterocycles. The van der Waals surface area contributed by atoms with Crippen LogP contribution in [-0.4, -0.2) is 0 Å². The van der Waals surface area contributed by atoms with Gasteiger partial charge in [0.05, 0.1) is 0 Å². The zero-order valence-electron chi connectivity index (χ0n) is 12.0. The largest absolute Gasteiger partial charge is 0.0724 e. The first-order valence-electron chi connectivity index (χ1n) is 6.83. The number of allylic oxidation sites excluding steroid dienone is 2.